The molecule has 4 heteroatoms. The Hall–Kier alpha value is -1.84. The third-order valence-electron chi connectivity index (χ3n) is 3.16. The van der Waals surface area contributed by atoms with Crippen LogP contribution in [-0.4, -0.2) is 35.0 Å². The number of hydrogen-bond acceptors (Lipinski definition) is 2. The molecule has 1 aromatic rings. The van der Waals surface area contributed by atoms with Crippen LogP contribution in [0.3, 0.4) is 0 Å². The van der Waals surface area contributed by atoms with Crippen molar-refractivity contribution >= 4 is 11.9 Å². The first-order valence-corrected chi connectivity index (χ1v) is 6.97. The Kier molecular flexibility index (Phi) is 6.22. The van der Waals surface area contributed by atoms with Crippen molar-refractivity contribution in [3.8, 4) is 0 Å². The molecule has 1 atom stereocenters. The molecule has 0 aromatic heterocycles. The van der Waals surface area contributed by atoms with E-state index < -0.39 is 5.97 Å². The lowest BCUT2D eigenvalue weighted by Crippen LogP contribution is -2.38. The normalized spacial score (nSPS) is 12.2. The van der Waals surface area contributed by atoms with Crippen LogP contribution in [0.25, 0.3) is 0 Å². The van der Waals surface area contributed by atoms with Gasteiger partial charge < -0.3 is 10.0 Å². The number of carboxylic acid groups (broad SMARTS) is 1. The molecule has 0 spiro atoms. The average molecular weight is 277 g/mol. The molecule has 0 fully saturated rings. The predicted octanol–water partition coefficient (Wildman–Crippen LogP) is 2.75. The van der Waals surface area contributed by atoms with Crippen molar-refractivity contribution in [1.82, 2.24) is 4.90 Å². The van der Waals surface area contributed by atoms with E-state index in [0.29, 0.717) is 12.5 Å². The van der Waals surface area contributed by atoms with Gasteiger partial charge in [-0.2, -0.15) is 0 Å². The Bertz CT molecular complexity index is 442. The fourth-order valence-corrected chi connectivity index (χ4v) is 2.12. The van der Waals surface area contributed by atoms with Crippen LogP contribution in [0.15, 0.2) is 30.3 Å². The molecule has 0 bridgehead atoms. The molecule has 1 rings (SSSR count). The third-order valence-corrected chi connectivity index (χ3v) is 3.16. The van der Waals surface area contributed by atoms with Gasteiger partial charge in [0, 0.05) is 13.1 Å². The Labute approximate surface area is 120 Å². The molecule has 0 saturated heterocycles. The molecular weight excluding hydrogens is 254 g/mol. The van der Waals surface area contributed by atoms with E-state index in [9.17, 15) is 9.59 Å². The number of rotatable bonds is 7. The molecule has 0 heterocycles. The lowest BCUT2D eigenvalue weighted by Gasteiger charge is -2.27. The molecular formula is C16H23NO3. The highest BCUT2D eigenvalue weighted by Gasteiger charge is 2.22. The second-order valence-corrected chi connectivity index (χ2v) is 5.45. The first-order chi connectivity index (χ1) is 9.41. The molecule has 20 heavy (non-hydrogen) atoms. The SMILES string of the molecule is CC(C)CN(CCC(=O)O)C(=O)[C@@H](C)c1ccccc1. The molecule has 0 aliphatic rings. The molecule has 1 N–H and O–H groups in total. The maximum absolute atomic E-state index is 12.5. The van der Waals surface area contributed by atoms with Crippen molar-refractivity contribution in [2.24, 2.45) is 5.92 Å². The Morgan fingerprint density at radius 3 is 2.25 bits per heavy atom. The predicted molar refractivity (Wildman–Crippen MR) is 78.5 cm³/mol. The maximum atomic E-state index is 12.5. The summed E-state index contributed by atoms with van der Waals surface area (Å²) in [6.07, 6.45) is -0.0139. The number of benzene rings is 1. The van der Waals surface area contributed by atoms with Crippen LogP contribution in [0.2, 0.25) is 0 Å². The highest BCUT2D eigenvalue weighted by atomic mass is 16.4. The molecule has 0 radical (unpaired) electrons. The van der Waals surface area contributed by atoms with Gasteiger partial charge >= 0.3 is 5.97 Å². The van der Waals surface area contributed by atoms with Gasteiger partial charge in [-0.05, 0) is 18.4 Å². The zero-order valence-corrected chi connectivity index (χ0v) is 12.4. The molecule has 4 nitrogen and oxygen atoms in total. The first kappa shape index (κ1) is 16.2. The van der Waals surface area contributed by atoms with Crippen molar-refractivity contribution in [2.45, 2.75) is 33.1 Å². The van der Waals surface area contributed by atoms with Crippen LogP contribution in [-0.2, 0) is 9.59 Å². The van der Waals surface area contributed by atoms with Gasteiger partial charge in [0.2, 0.25) is 5.91 Å². The minimum absolute atomic E-state index is 0.00819. The Morgan fingerprint density at radius 1 is 1.15 bits per heavy atom. The Balaban J connectivity index is 2.78. The van der Waals surface area contributed by atoms with Gasteiger partial charge in [-0.25, -0.2) is 0 Å². The zero-order valence-electron chi connectivity index (χ0n) is 12.4. The van der Waals surface area contributed by atoms with Gasteiger partial charge in [0.15, 0.2) is 0 Å². The van der Waals surface area contributed by atoms with Crippen LogP contribution >= 0.6 is 0 Å². The quantitative estimate of drug-likeness (QED) is 0.833. The first-order valence-electron chi connectivity index (χ1n) is 6.97. The highest BCUT2D eigenvalue weighted by molar-refractivity contribution is 5.83. The summed E-state index contributed by atoms with van der Waals surface area (Å²) in [4.78, 5) is 24.9. The largest absolute Gasteiger partial charge is 0.481 e. The van der Waals surface area contributed by atoms with Crippen molar-refractivity contribution in [3.63, 3.8) is 0 Å². The lowest BCUT2D eigenvalue weighted by molar-refractivity contribution is -0.139. The van der Waals surface area contributed by atoms with E-state index in [0.717, 1.165) is 5.56 Å². The van der Waals surface area contributed by atoms with Gasteiger partial charge in [-0.15, -0.1) is 0 Å². The van der Waals surface area contributed by atoms with Crippen LogP contribution in [0.1, 0.15) is 38.7 Å². The smallest absolute Gasteiger partial charge is 0.305 e. The number of carbonyl (C=O) groups excluding carboxylic acids is 1. The van der Waals surface area contributed by atoms with E-state index in [2.05, 4.69) is 0 Å². The number of aliphatic carboxylic acids is 1. The summed E-state index contributed by atoms with van der Waals surface area (Å²) in [6, 6.07) is 9.57. The Morgan fingerprint density at radius 2 is 1.75 bits per heavy atom. The van der Waals surface area contributed by atoms with E-state index in [1.54, 1.807) is 4.90 Å². The number of hydrogen-bond donors (Lipinski definition) is 1. The lowest BCUT2D eigenvalue weighted by atomic mass is 9.99. The van der Waals surface area contributed by atoms with E-state index in [-0.39, 0.29) is 24.8 Å². The topological polar surface area (TPSA) is 57.6 Å². The number of carbonyl (C=O) groups is 2. The van der Waals surface area contributed by atoms with Crippen molar-refractivity contribution < 1.29 is 14.7 Å². The minimum Gasteiger partial charge on any atom is -0.481 e. The molecule has 1 aromatic carbocycles. The average Bonchev–Trinajstić information content (AvgIpc) is 2.42. The summed E-state index contributed by atoms with van der Waals surface area (Å²) in [7, 11) is 0. The fraction of sp³-hybridized carbons (Fsp3) is 0.500. The zero-order chi connectivity index (χ0) is 15.1. The minimum atomic E-state index is -0.876. The standard InChI is InChI=1S/C16H23NO3/c1-12(2)11-17(10-9-15(18)19)16(20)13(3)14-7-5-4-6-8-14/h4-8,12-13H,9-11H2,1-3H3,(H,18,19)/t13-/m0/s1. The van der Waals surface area contributed by atoms with Crippen LogP contribution < -0.4 is 0 Å². The molecule has 110 valence electrons. The van der Waals surface area contributed by atoms with E-state index in [1.165, 1.54) is 0 Å². The molecule has 1 amide bonds. The number of nitrogens with zero attached hydrogens (tertiary/aromatic N) is 1. The molecule has 0 aliphatic carbocycles. The van der Waals surface area contributed by atoms with E-state index in [1.807, 2.05) is 51.1 Å². The van der Waals surface area contributed by atoms with Crippen molar-refractivity contribution in [3.05, 3.63) is 35.9 Å². The van der Waals surface area contributed by atoms with Gasteiger partial charge in [-0.1, -0.05) is 44.2 Å². The van der Waals surface area contributed by atoms with E-state index >= 15 is 0 Å². The summed E-state index contributed by atoms with van der Waals surface area (Å²) in [5.41, 5.74) is 0.960. The number of amides is 1. The van der Waals surface area contributed by atoms with Crippen LogP contribution in [0.4, 0.5) is 0 Å². The molecule has 0 aliphatic heterocycles. The van der Waals surface area contributed by atoms with Crippen molar-refractivity contribution in [2.75, 3.05) is 13.1 Å². The summed E-state index contributed by atoms with van der Waals surface area (Å²) in [5.74, 6) is -0.815. The second-order valence-electron chi connectivity index (χ2n) is 5.45. The highest BCUT2D eigenvalue weighted by Crippen LogP contribution is 2.18. The van der Waals surface area contributed by atoms with Gasteiger partial charge in [0.25, 0.3) is 0 Å². The van der Waals surface area contributed by atoms with Crippen LogP contribution in [0.5, 0.6) is 0 Å². The summed E-state index contributed by atoms with van der Waals surface area (Å²) >= 11 is 0. The molecule has 0 saturated carbocycles. The summed E-state index contributed by atoms with van der Waals surface area (Å²) in [6.45, 7) is 6.76. The second kappa shape index (κ2) is 7.68. The van der Waals surface area contributed by atoms with Crippen molar-refractivity contribution in [1.29, 1.82) is 0 Å². The van der Waals surface area contributed by atoms with Crippen LogP contribution in [0, 0.1) is 5.92 Å². The fourth-order valence-electron chi connectivity index (χ4n) is 2.12. The van der Waals surface area contributed by atoms with Gasteiger partial charge in [0.1, 0.15) is 0 Å². The summed E-state index contributed by atoms with van der Waals surface area (Å²) < 4.78 is 0. The summed E-state index contributed by atoms with van der Waals surface area (Å²) in [5, 5.41) is 8.80. The maximum Gasteiger partial charge on any atom is 0.305 e. The van der Waals surface area contributed by atoms with Gasteiger partial charge in [-0.3, -0.25) is 9.59 Å². The molecule has 0 unspecified atom stereocenters. The third kappa shape index (κ3) is 5.03. The van der Waals surface area contributed by atoms with E-state index in [4.69, 9.17) is 5.11 Å². The number of carboxylic acids is 1. The monoisotopic (exact) mass is 277 g/mol. The van der Waals surface area contributed by atoms with Gasteiger partial charge in [0.05, 0.1) is 12.3 Å².